The van der Waals surface area contributed by atoms with Crippen molar-refractivity contribution in [2.45, 2.75) is 38.3 Å². The van der Waals surface area contributed by atoms with E-state index in [2.05, 4.69) is 15.6 Å². The predicted octanol–water partition coefficient (Wildman–Crippen LogP) is 2.77. The Morgan fingerprint density at radius 3 is 2.37 bits per heavy atom. The number of nitrogens with zero attached hydrogens (tertiary/aromatic N) is 2. The van der Waals surface area contributed by atoms with E-state index in [0.717, 1.165) is 23.4 Å². The highest BCUT2D eigenvalue weighted by Gasteiger charge is 2.16. The van der Waals surface area contributed by atoms with Crippen LogP contribution in [0, 0.1) is 6.92 Å². The SMILES string of the molecule is CCNC(=NCc1ccc(S(=O)(=O)N(C)C)cc1)NCC(C)Oc1ccccc1C. The lowest BCUT2D eigenvalue weighted by atomic mass is 10.2. The minimum atomic E-state index is -3.42. The molecule has 164 valence electrons. The first-order valence-electron chi connectivity index (χ1n) is 10.00. The fourth-order valence-electron chi connectivity index (χ4n) is 2.68. The van der Waals surface area contributed by atoms with Crippen molar-refractivity contribution in [3.05, 3.63) is 59.7 Å². The first kappa shape index (κ1) is 23.7. The third kappa shape index (κ3) is 6.74. The first-order chi connectivity index (χ1) is 14.2. The third-order valence-electron chi connectivity index (χ3n) is 4.44. The average Bonchev–Trinajstić information content (AvgIpc) is 2.72. The second-order valence-corrected chi connectivity index (χ2v) is 9.35. The van der Waals surface area contributed by atoms with Gasteiger partial charge in [-0.25, -0.2) is 17.7 Å². The number of nitrogens with one attached hydrogen (secondary N) is 2. The van der Waals surface area contributed by atoms with Gasteiger partial charge in [0.25, 0.3) is 0 Å². The molecule has 0 aliphatic rings. The highest BCUT2D eigenvalue weighted by molar-refractivity contribution is 7.89. The Morgan fingerprint density at radius 2 is 1.77 bits per heavy atom. The fraction of sp³-hybridized carbons (Fsp3) is 0.409. The van der Waals surface area contributed by atoms with E-state index in [1.54, 1.807) is 24.3 Å². The molecule has 2 aromatic carbocycles. The fourth-order valence-corrected chi connectivity index (χ4v) is 3.58. The highest BCUT2D eigenvalue weighted by Crippen LogP contribution is 2.17. The summed E-state index contributed by atoms with van der Waals surface area (Å²) in [6, 6.07) is 14.7. The van der Waals surface area contributed by atoms with Crippen LogP contribution in [-0.2, 0) is 16.6 Å². The number of aliphatic imine (C=N–C) groups is 1. The zero-order chi connectivity index (χ0) is 22.1. The highest BCUT2D eigenvalue weighted by atomic mass is 32.2. The van der Waals surface area contributed by atoms with E-state index in [4.69, 9.17) is 4.74 Å². The van der Waals surface area contributed by atoms with Crippen molar-refractivity contribution in [3.63, 3.8) is 0 Å². The van der Waals surface area contributed by atoms with Gasteiger partial charge in [0.05, 0.1) is 18.0 Å². The van der Waals surface area contributed by atoms with Gasteiger partial charge in [0, 0.05) is 20.6 Å². The molecule has 0 aliphatic carbocycles. The lowest BCUT2D eigenvalue weighted by Gasteiger charge is -2.18. The van der Waals surface area contributed by atoms with Crippen LogP contribution in [-0.4, -0.2) is 52.0 Å². The third-order valence-corrected chi connectivity index (χ3v) is 6.27. The van der Waals surface area contributed by atoms with Crippen LogP contribution in [0.1, 0.15) is 25.0 Å². The van der Waals surface area contributed by atoms with Crippen LogP contribution < -0.4 is 15.4 Å². The number of aryl methyl sites for hydroxylation is 1. The monoisotopic (exact) mass is 432 g/mol. The molecule has 0 aliphatic heterocycles. The summed E-state index contributed by atoms with van der Waals surface area (Å²) in [5, 5.41) is 6.51. The van der Waals surface area contributed by atoms with Gasteiger partial charge in [-0.05, 0) is 50.1 Å². The lowest BCUT2D eigenvalue weighted by molar-refractivity contribution is 0.222. The molecule has 0 radical (unpaired) electrons. The summed E-state index contributed by atoms with van der Waals surface area (Å²) in [7, 11) is -0.383. The number of hydrogen-bond donors (Lipinski definition) is 2. The van der Waals surface area contributed by atoms with Gasteiger partial charge in [0.1, 0.15) is 11.9 Å². The van der Waals surface area contributed by atoms with Gasteiger partial charge in [0.2, 0.25) is 10.0 Å². The van der Waals surface area contributed by atoms with Crippen LogP contribution in [0.25, 0.3) is 0 Å². The van der Waals surface area contributed by atoms with E-state index in [-0.39, 0.29) is 11.0 Å². The molecular weight excluding hydrogens is 400 g/mol. The molecule has 0 aromatic heterocycles. The average molecular weight is 433 g/mol. The molecule has 0 saturated heterocycles. The summed E-state index contributed by atoms with van der Waals surface area (Å²) < 4.78 is 31.5. The van der Waals surface area contributed by atoms with Gasteiger partial charge in [-0.15, -0.1) is 0 Å². The van der Waals surface area contributed by atoms with Crippen molar-refractivity contribution in [1.29, 1.82) is 0 Å². The summed E-state index contributed by atoms with van der Waals surface area (Å²) in [6.45, 7) is 7.80. The molecule has 2 N–H and O–H groups in total. The van der Waals surface area contributed by atoms with Gasteiger partial charge in [-0.1, -0.05) is 30.3 Å². The minimum Gasteiger partial charge on any atom is -0.489 e. The Kier molecular flexibility index (Phi) is 8.68. The molecule has 1 unspecified atom stereocenters. The Labute approximate surface area is 180 Å². The second kappa shape index (κ2) is 11.0. The van der Waals surface area contributed by atoms with E-state index in [0.29, 0.717) is 19.0 Å². The smallest absolute Gasteiger partial charge is 0.242 e. The summed E-state index contributed by atoms with van der Waals surface area (Å²) in [4.78, 5) is 4.86. The van der Waals surface area contributed by atoms with Crippen LogP contribution in [0.15, 0.2) is 58.4 Å². The molecule has 7 nitrogen and oxygen atoms in total. The van der Waals surface area contributed by atoms with Crippen LogP contribution in [0.4, 0.5) is 0 Å². The van der Waals surface area contributed by atoms with E-state index < -0.39 is 10.0 Å². The molecule has 2 aromatic rings. The van der Waals surface area contributed by atoms with Gasteiger partial charge < -0.3 is 15.4 Å². The van der Waals surface area contributed by atoms with Gasteiger partial charge in [-0.2, -0.15) is 0 Å². The summed E-state index contributed by atoms with van der Waals surface area (Å²) in [5.74, 6) is 1.56. The Hall–Kier alpha value is -2.58. The van der Waals surface area contributed by atoms with Crippen molar-refractivity contribution < 1.29 is 13.2 Å². The minimum absolute atomic E-state index is 0.0366. The van der Waals surface area contributed by atoms with Crippen molar-refractivity contribution in [2.75, 3.05) is 27.2 Å². The number of sulfonamides is 1. The van der Waals surface area contributed by atoms with Crippen LogP contribution in [0.2, 0.25) is 0 Å². The molecule has 2 rings (SSSR count). The number of para-hydroxylation sites is 1. The van der Waals surface area contributed by atoms with Gasteiger partial charge in [0.15, 0.2) is 5.96 Å². The number of ether oxygens (including phenoxy) is 1. The lowest BCUT2D eigenvalue weighted by Crippen LogP contribution is -2.41. The van der Waals surface area contributed by atoms with E-state index in [1.807, 2.05) is 45.0 Å². The van der Waals surface area contributed by atoms with Crippen LogP contribution in [0.3, 0.4) is 0 Å². The summed E-state index contributed by atoms with van der Waals surface area (Å²) in [6.07, 6.45) is -0.0366. The Bertz CT molecular complexity index is 941. The largest absolute Gasteiger partial charge is 0.489 e. The molecule has 0 bridgehead atoms. The number of rotatable bonds is 9. The molecule has 0 fully saturated rings. The molecule has 8 heteroatoms. The van der Waals surface area contributed by atoms with Crippen molar-refractivity contribution in [2.24, 2.45) is 4.99 Å². The van der Waals surface area contributed by atoms with E-state index >= 15 is 0 Å². The number of guanidine groups is 1. The molecular formula is C22H32N4O3S. The van der Waals surface area contributed by atoms with Crippen molar-refractivity contribution >= 4 is 16.0 Å². The topological polar surface area (TPSA) is 83.0 Å². The van der Waals surface area contributed by atoms with E-state index in [1.165, 1.54) is 18.4 Å². The van der Waals surface area contributed by atoms with Gasteiger partial charge >= 0.3 is 0 Å². The normalized spacial score (nSPS) is 13.2. The zero-order valence-corrected chi connectivity index (χ0v) is 19.2. The van der Waals surface area contributed by atoms with Crippen LogP contribution in [0.5, 0.6) is 5.75 Å². The standard InChI is InChI=1S/C22H32N4O3S/c1-6-23-22(24-15-18(3)29-21-10-8-7-9-17(21)2)25-16-19-11-13-20(14-12-19)30(27,28)26(4)5/h7-14,18H,6,15-16H2,1-5H3,(H2,23,24,25). The molecule has 0 amide bonds. The number of benzene rings is 2. The van der Waals surface area contributed by atoms with Crippen molar-refractivity contribution in [1.82, 2.24) is 14.9 Å². The predicted molar refractivity (Wildman–Crippen MR) is 121 cm³/mol. The molecule has 1 atom stereocenters. The van der Waals surface area contributed by atoms with Crippen molar-refractivity contribution in [3.8, 4) is 5.75 Å². The maximum absolute atomic E-state index is 12.2. The summed E-state index contributed by atoms with van der Waals surface area (Å²) in [5.41, 5.74) is 2.03. The maximum atomic E-state index is 12.2. The molecule has 0 heterocycles. The summed E-state index contributed by atoms with van der Waals surface area (Å²) >= 11 is 0. The Balaban J connectivity index is 1.96. The number of hydrogen-bond acceptors (Lipinski definition) is 4. The molecule has 30 heavy (non-hydrogen) atoms. The first-order valence-corrected chi connectivity index (χ1v) is 11.4. The molecule has 0 spiro atoms. The zero-order valence-electron chi connectivity index (χ0n) is 18.3. The van der Waals surface area contributed by atoms with E-state index in [9.17, 15) is 8.42 Å². The quantitative estimate of drug-likeness (QED) is 0.470. The second-order valence-electron chi connectivity index (χ2n) is 7.20. The van der Waals surface area contributed by atoms with Crippen LogP contribution >= 0.6 is 0 Å². The molecule has 0 saturated carbocycles. The maximum Gasteiger partial charge on any atom is 0.242 e. The Morgan fingerprint density at radius 1 is 1.10 bits per heavy atom. The van der Waals surface area contributed by atoms with Gasteiger partial charge in [-0.3, -0.25) is 0 Å².